The van der Waals surface area contributed by atoms with E-state index < -0.39 is 30.0 Å². The van der Waals surface area contributed by atoms with E-state index in [9.17, 15) is 22.8 Å². The number of fused-ring (bicyclic) bond motifs is 1. The first-order valence-corrected chi connectivity index (χ1v) is 14.6. The van der Waals surface area contributed by atoms with Gasteiger partial charge in [0.2, 0.25) is 0 Å². The van der Waals surface area contributed by atoms with Crippen molar-refractivity contribution in [1.29, 1.82) is 0 Å². The van der Waals surface area contributed by atoms with Gasteiger partial charge < -0.3 is 34.7 Å². The molecule has 1 aliphatic carbocycles. The van der Waals surface area contributed by atoms with Gasteiger partial charge in [0, 0.05) is 35.3 Å². The van der Waals surface area contributed by atoms with Crippen LogP contribution in [0, 0.1) is 0 Å². The van der Waals surface area contributed by atoms with Crippen LogP contribution in [-0.2, 0) is 9.53 Å². The number of hydrogen-bond acceptors (Lipinski definition) is 9. The molecular formula is C33H32F3N3O7. The summed E-state index contributed by atoms with van der Waals surface area (Å²) in [5.74, 6) is 0.466. The normalized spacial score (nSPS) is 14.0. The molecular weight excluding hydrogens is 607 g/mol. The third kappa shape index (κ3) is 8.57. The lowest BCUT2D eigenvalue weighted by Gasteiger charge is -2.17. The van der Waals surface area contributed by atoms with Crippen molar-refractivity contribution in [1.82, 2.24) is 4.98 Å². The first kappa shape index (κ1) is 32.4. The Morgan fingerprint density at radius 1 is 0.957 bits per heavy atom. The number of benzene rings is 3. The van der Waals surface area contributed by atoms with Crippen molar-refractivity contribution in [2.24, 2.45) is 5.73 Å². The van der Waals surface area contributed by atoms with E-state index in [0.29, 0.717) is 39.6 Å². The maximum absolute atomic E-state index is 12.6. The van der Waals surface area contributed by atoms with E-state index in [0.717, 1.165) is 37.8 Å². The minimum absolute atomic E-state index is 0.0502. The lowest BCUT2D eigenvalue weighted by Crippen LogP contribution is -2.35. The van der Waals surface area contributed by atoms with E-state index in [4.69, 9.17) is 24.7 Å². The second-order valence-corrected chi connectivity index (χ2v) is 10.6. The second-order valence-electron chi connectivity index (χ2n) is 10.6. The van der Waals surface area contributed by atoms with Crippen LogP contribution < -0.4 is 30.0 Å². The summed E-state index contributed by atoms with van der Waals surface area (Å²) < 4.78 is 64.0. The largest absolute Gasteiger partial charge is 0.573 e. The zero-order chi connectivity index (χ0) is 32.7. The number of carbonyl (C=O) groups excluding carboxylic acids is 2. The molecule has 1 aromatic heterocycles. The van der Waals surface area contributed by atoms with Crippen LogP contribution in [0.15, 0.2) is 72.9 Å². The van der Waals surface area contributed by atoms with Gasteiger partial charge in [0.15, 0.2) is 11.5 Å². The molecule has 1 atom stereocenters. The van der Waals surface area contributed by atoms with Gasteiger partial charge in [0.05, 0.1) is 19.2 Å². The highest BCUT2D eigenvalue weighted by atomic mass is 19.4. The maximum Gasteiger partial charge on any atom is 0.573 e. The molecule has 0 aliphatic heterocycles. The fourth-order valence-electron chi connectivity index (χ4n) is 4.91. The highest BCUT2D eigenvalue weighted by Gasteiger charge is 2.31. The number of aromatic nitrogens is 1. The maximum atomic E-state index is 12.6. The van der Waals surface area contributed by atoms with Crippen LogP contribution in [0.2, 0.25) is 0 Å². The van der Waals surface area contributed by atoms with E-state index in [1.54, 1.807) is 48.7 Å². The van der Waals surface area contributed by atoms with Gasteiger partial charge in [0.25, 0.3) is 5.91 Å². The van der Waals surface area contributed by atoms with Crippen LogP contribution in [0.4, 0.5) is 18.9 Å². The molecule has 3 aromatic carbocycles. The number of ether oxygens (including phenoxy) is 5. The summed E-state index contributed by atoms with van der Waals surface area (Å²) in [6, 6.07) is 15.5. The lowest BCUT2D eigenvalue weighted by atomic mass is 10.1. The van der Waals surface area contributed by atoms with Crippen molar-refractivity contribution in [3.8, 4) is 28.7 Å². The monoisotopic (exact) mass is 639 g/mol. The van der Waals surface area contributed by atoms with Gasteiger partial charge in [-0.2, -0.15) is 0 Å². The van der Waals surface area contributed by atoms with E-state index >= 15 is 0 Å². The fraction of sp³-hybridized carbons (Fsp3) is 0.303. The summed E-state index contributed by atoms with van der Waals surface area (Å²) in [6.45, 7) is 0.166. The standard InChI is InChI=1S/C33H32F3N3O7/c1-42-29-18-25-27(19-30(29)43-17-15-26(37)32(41)45-22-4-2-3-5-22)38-16-14-28(25)44-23-12-8-21(9-13-23)39-31(40)20-6-10-24(11-7-20)46-33(34,35)36/h6-14,16,18-19,22,26H,2-5,15,17,37H2,1H3,(H,39,40)/t26-/m0/s1. The molecule has 0 unspecified atom stereocenters. The van der Waals surface area contributed by atoms with E-state index in [2.05, 4.69) is 15.0 Å². The molecule has 0 radical (unpaired) electrons. The van der Waals surface area contributed by atoms with Crippen LogP contribution >= 0.6 is 0 Å². The number of rotatable bonds is 12. The van der Waals surface area contributed by atoms with Crippen LogP contribution in [0.5, 0.6) is 28.7 Å². The van der Waals surface area contributed by atoms with Gasteiger partial charge in [-0.3, -0.25) is 14.6 Å². The third-order valence-corrected chi connectivity index (χ3v) is 7.25. The van der Waals surface area contributed by atoms with Crippen molar-refractivity contribution in [3.63, 3.8) is 0 Å². The predicted molar refractivity (Wildman–Crippen MR) is 162 cm³/mol. The number of esters is 1. The Labute approximate surface area is 262 Å². The number of pyridine rings is 1. The van der Waals surface area contributed by atoms with Gasteiger partial charge in [0.1, 0.15) is 29.4 Å². The number of halogens is 3. The molecule has 1 aliphatic rings. The van der Waals surface area contributed by atoms with Crippen molar-refractivity contribution >= 4 is 28.5 Å². The number of amides is 1. The number of nitrogens with two attached hydrogens (primary N) is 1. The number of methoxy groups -OCH3 is 1. The Morgan fingerprint density at radius 2 is 1.65 bits per heavy atom. The molecule has 1 saturated carbocycles. The second kappa shape index (κ2) is 14.4. The van der Waals surface area contributed by atoms with Crippen molar-refractivity contribution < 1.29 is 46.4 Å². The minimum Gasteiger partial charge on any atom is -0.493 e. The topological polar surface area (TPSA) is 131 Å². The van der Waals surface area contributed by atoms with Crippen molar-refractivity contribution in [2.75, 3.05) is 19.0 Å². The predicted octanol–water partition coefficient (Wildman–Crippen LogP) is 6.77. The average Bonchev–Trinajstić information content (AvgIpc) is 3.54. The number of carbonyl (C=O) groups is 2. The summed E-state index contributed by atoms with van der Waals surface area (Å²) in [5, 5.41) is 3.33. The van der Waals surface area contributed by atoms with E-state index in [-0.39, 0.29) is 24.7 Å². The Kier molecular flexibility index (Phi) is 10.1. The van der Waals surface area contributed by atoms with Gasteiger partial charge in [-0.15, -0.1) is 13.2 Å². The molecule has 0 saturated heterocycles. The molecule has 0 bridgehead atoms. The van der Waals surface area contributed by atoms with Gasteiger partial charge in [-0.25, -0.2) is 0 Å². The third-order valence-electron chi connectivity index (χ3n) is 7.25. The molecule has 10 nitrogen and oxygen atoms in total. The SMILES string of the molecule is COc1cc2c(Oc3ccc(NC(=O)c4ccc(OC(F)(F)F)cc4)cc3)ccnc2cc1OCC[C@H](N)C(=O)OC1CCCC1. The van der Waals surface area contributed by atoms with Crippen LogP contribution in [0.3, 0.4) is 0 Å². The molecule has 0 spiro atoms. The molecule has 1 amide bonds. The molecule has 13 heteroatoms. The number of alkyl halides is 3. The fourth-order valence-corrected chi connectivity index (χ4v) is 4.91. The number of anilines is 1. The molecule has 5 rings (SSSR count). The average molecular weight is 640 g/mol. The zero-order valence-electron chi connectivity index (χ0n) is 24.8. The summed E-state index contributed by atoms with van der Waals surface area (Å²) in [5.41, 5.74) is 7.20. The van der Waals surface area contributed by atoms with E-state index in [1.165, 1.54) is 19.2 Å². The van der Waals surface area contributed by atoms with Crippen LogP contribution in [-0.4, -0.2) is 49.1 Å². The van der Waals surface area contributed by atoms with Crippen molar-refractivity contribution in [2.45, 2.75) is 50.6 Å². The van der Waals surface area contributed by atoms with Gasteiger partial charge >= 0.3 is 12.3 Å². The molecule has 46 heavy (non-hydrogen) atoms. The Bertz CT molecular complexity index is 1660. The first-order chi connectivity index (χ1) is 22.1. The molecule has 3 N–H and O–H groups in total. The highest BCUT2D eigenvalue weighted by molar-refractivity contribution is 6.04. The summed E-state index contributed by atoms with van der Waals surface area (Å²) in [7, 11) is 1.51. The smallest absolute Gasteiger partial charge is 0.493 e. The Balaban J connectivity index is 1.19. The Morgan fingerprint density at radius 3 is 2.33 bits per heavy atom. The number of nitrogens with one attached hydrogen (secondary N) is 1. The van der Waals surface area contributed by atoms with Gasteiger partial charge in [-0.1, -0.05) is 0 Å². The highest BCUT2D eigenvalue weighted by Crippen LogP contribution is 2.37. The summed E-state index contributed by atoms with van der Waals surface area (Å²) in [6.07, 6.45) is 0.846. The van der Waals surface area contributed by atoms with Crippen LogP contribution in [0.1, 0.15) is 42.5 Å². The van der Waals surface area contributed by atoms with Gasteiger partial charge in [-0.05, 0) is 86.3 Å². The minimum atomic E-state index is -4.82. The molecule has 1 fully saturated rings. The number of hydrogen-bond donors (Lipinski definition) is 2. The summed E-state index contributed by atoms with van der Waals surface area (Å²) >= 11 is 0. The number of nitrogens with zero attached hydrogens (tertiary/aromatic N) is 1. The van der Waals surface area contributed by atoms with E-state index in [1.807, 2.05) is 0 Å². The van der Waals surface area contributed by atoms with Crippen LogP contribution in [0.25, 0.3) is 10.9 Å². The van der Waals surface area contributed by atoms with Crippen molar-refractivity contribution in [3.05, 3.63) is 78.5 Å². The first-order valence-electron chi connectivity index (χ1n) is 14.6. The molecule has 1 heterocycles. The Hall–Kier alpha value is -5.04. The lowest BCUT2D eigenvalue weighted by molar-refractivity contribution is -0.274. The quantitative estimate of drug-likeness (QED) is 0.161. The molecule has 242 valence electrons. The summed E-state index contributed by atoms with van der Waals surface area (Å²) in [4.78, 5) is 29.3. The molecule has 4 aromatic rings. The zero-order valence-corrected chi connectivity index (χ0v) is 24.8.